The monoisotopic (exact) mass is 380 g/mol. The lowest BCUT2D eigenvalue weighted by atomic mass is 10.1. The average molecular weight is 380 g/mol. The van der Waals surface area contributed by atoms with Crippen molar-refractivity contribution in [3.63, 3.8) is 0 Å². The maximum absolute atomic E-state index is 12.7. The van der Waals surface area contributed by atoms with E-state index >= 15 is 0 Å². The van der Waals surface area contributed by atoms with Crippen molar-refractivity contribution in [1.82, 2.24) is 9.80 Å². The van der Waals surface area contributed by atoms with Gasteiger partial charge in [-0.25, -0.2) is 0 Å². The molecule has 0 radical (unpaired) electrons. The minimum absolute atomic E-state index is 0.00736. The first kappa shape index (κ1) is 19.6. The zero-order valence-electron chi connectivity index (χ0n) is 16.4. The smallest absolute Gasteiger partial charge is 0.308 e. The Kier molecular flexibility index (Phi) is 5.78. The Morgan fingerprint density at radius 2 is 1.36 bits per heavy atom. The number of nitrogens with zero attached hydrogens (tertiary/aromatic N) is 2. The number of hydrogen-bond donors (Lipinski definition) is 0. The van der Waals surface area contributed by atoms with Crippen LogP contribution in [-0.4, -0.2) is 53.8 Å². The van der Waals surface area contributed by atoms with Crippen LogP contribution < -0.4 is 4.74 Å². The van der Waals surface area contributed by atoms with Crippen molar-refractivity contribution in [2.75, 3.05) is 26.2 Å². The fourth-order valence-corrected chi connectivity index (χ4v) is 3.21. The van der Waals surface area contributed by atoms with E-state index < -0.39 is 5.97 Å². The molecule has 6 nitrogen and oxygen atoms in total. The fraction of sp³-hybridized carbons (Fsp3) is 0.318. The highest BCUT2D eigenvalue weighted by Gasteiger charge is 2.26. The molecule has 0 spiro atoms. The van der Waals surface area contributed by atoms with Crippen molar-refractivity contribution in [2.24, 2.45) is 0 Å². The molecule has 0 aliphatic carbocycles. The summed E-state index contributed by atoms with van der Waals surface area (Å²) in [4.78, 5) is 40.1. The summed E-state index contributed by atoms with van der Waals surface area (Å²) in [5, 5.41) is 0. The molecule has 1 heterocycles. The molecule has 2 aromatic rings. The zero-order chi connectivity index (χ0) is 20.3. The van der Waals surface area contributed by atoms with Gasteiger partial charge in [0.25, 0.3) is 11.8 Å². The average Bonchev–Trinajstić information content (AvgIpc) is 2.69. The standard InChI is InChI=1S/C22H24N2O4/c1-15-7-8-19(13-16(15)2)22(27)24-11-9-23(10-12-24)21(26)18-5-4-6-20(14-18)28-17(3)25/h4-8,13-14H,9-12H2,1-3H3. The number of benzene rings is 2. The summed E-state index contributed by atoms with van der Waals surface area (Å²) < 4.78 is 5.05. The zero-order valence-corrected chi connectivity index (χ0v) is 16.4. The fourth-order valence-electron chi connectivity index (χ4n) is 3.21. The van der Waals surface area contributed by atoms with Crippen molar-refractivity contribution in [1.29, 1.82) is 0 Å². The molecule has 0 aromatic heterocycles. The number of piperazine rings is 1. The maximum Gasteiger partial charge on any atom is 0.308 e. The second-order valence-electron chi connectivity index (χ2n) is 7.00. The van der Waals surface area contributed by atoms with Crippen LogP contribution in [0.4, 0.5) is 0 Å². The van der Waals surface area contributed by atoms with Gasteiger partial charge in [-0.1, -0.05) is 12.1 Å². The van der Waals surface area contributed by atoms with Gasteiger partial charge in [0.15, 0.2) is 0 Å². The molecule has 1 aliphatic rings. The molecule has 28 heavy (non-hydrogen) atoms. The van der Waals surface area contributed by atoms with Crippen LogP contribution >= 0.6 is 0 Å². The van der Waals surface area contributed by atoms with Gasteiger partial charge in [0, 0.05) is 44.2 Å². The highest BCUT2D eigenvalue weighted by Crippen LogP contribution is 2.18. The summed E-state index contributed by atoms with van der Waals surface area (Å²) in [6.07, 6.45) is 0. The number of esters is 1. The van der Waals surface area contributed by atoms with Gasteiger partial charge in [0.1, 0.15) is 5.75 Å². The van der Waals surface area contributed by atoms with Gasteiger partial charge < -0.3 is 14.5 Å². The molecule has 3 rings (SSSR count). The molecule has 1 aliphatic heterocycles. The quantitative estimate of drug-likeness (QED) is 0.607. The first-order valence-corrected chi connectivity index (χ1v) is 9.29. The predicted octanol–water partition coefficient (Wildman–Crippen LogP) is 2.83. The third kappa shape index (κ3) is 4.39. The number of rotatable bonds is 3. The Labute approximate surface area is 164 Å². The Morgan fingerprint density at radius 1 is 0.786 bits per heavy atom. The molecule has 0 bridgehead atoms. The highest BCUT2D eigenvalue weighted by atomic mass is 16.5. The molecule has 0 atom stereocenters. The Hall–Kier alpha value is -3.15. The van der Waals surface area contributed by atoms with E-state index in [2.05, 4.69) is 0 Å². The van der Waals surface area contributed by atoms with E-state index in [1.54, 1.807) is 34.1 Å². The minimum Gasteiger partial charge on any atom is -0.427 e. The van der Waals surface area contributed by atoms with Crippen LogP contribution in [0, 0.1) is 13.8 Å². The molecule has 2 amide bonds. The molecule has 0 saturated carbocycles. The summed E-state index contributed by atoms with van der Waals surface area (Å²) in [6, 6.07) is 12.3. The molecule has 2 aromatic carbocycles. The van der Waals surface area contributed by atoms with E-state index in [4.69, 9.17) is 4.74 Å². The third-order valence-electron chi connectivity index (χ3n) is 4.95. The van der Waals surface area contributed by atoms with Gasteiger partial charge >= 0.3 is 5.97 Å². The van der Waals surface area contributed by atoms with Crippen LogP contribution in [0.2, 0.25) is 0 Å². The van der Waals surface area contributed by atoms with Crippen LogP contribution in [0.15, 0.2) is 42.5 Å². The van der Waals surface area contributed by atoms with E-state index in [0.29, 0.717) is 43.1 Å². The van der Waals surface area contributed by atoms with E-state index in [1.165, 1.54) is 6.92 Å². The molecule has 1 saturated heterocycles. The van der Waals surface area contributed by atoms with Crippen molar-refractivity contribution < 1.29 is 19.1 Å². The van der Waals surface area contributed by atoms with E-state index in [1.807, 2.05) is 32.0 Å². The molecule has 6 heteroatoms. The van der Waals surface area contributed by atoms with Crippen molar-refractivity contribution in [2.45, 2.75) is 20.8 Å². The van der Waals surface area contributed by atoms with E-state index in [0.717, 1.165) is 11.1 Å². The van der Waals surface area contributed by atoms with Gasteiger partial charge in [-0.15, -0.1) is 0 Å². The van der Waals surface area contributed by atoms with Gasteiger partial charge in [0.2, 0.25) is 0 Å². The van der Waals surface area contributed by atoms with Gasteiger partial charge in [-0.2, -0.15) is 0 Å². The van der Waals surface area contributed by atoms with Gasteiger partial charge in [-0.3, -0.25) is 14.4 Å². The number of carbonyl (C=O) groups excluding carboxylic acids is 3. The Balaban J connectivity index is 1.63. The van der Waals surface area contributed by atoms with Crippen LogP contribution in [0.25, 0.3) is 0 Å². The normalized spacial score (nSPS) is 14.0. The Bertz CT molecular complexity index is 915. The summed E-state index contributed by atoms with van der Waals surface area (Å²) in [7, 11) is 0. The number of aryl methyl sites for hydroxylation is 2. The lowest BCUT2D eigenvalue weighted by Crippen LogP contribution is -2.50. The molecular weight excluding hydrogens is 356 g/mol. The number of hydrogen-bond acceptors (Lipinski definition) is 4. The first-order valence-electron chi connectivity index (χ1n) is 9.29. The van der Waals surface area contributed by atoms with Crippen molar-refractivity contribution in [3.05, 3.63) is 64.7 Å². The van der Waals surface area contributed by atoms with Gasteiger partial charge in [0.05, 0.1) is 0 Å². The van der Waals surface area contributed by atoms with Crippen LogP contribution in [0.3, 0.4) is 0 Å². The Morgan fingerprint density at radius 3 is 1.89 bits per heavy atom. The molecular formula is C22H24N2O4. The van der Waals surface area contributed by atoms with E-state index in [9.17, 15) is 14.4 Å². The van der Waals surface area contributed by atoms with Crippen LogP contribution in [0.5, 0.6) is 5.75 Å². The molecule has 0 unspecified atom stereocenters. The summed E-state index contributed by atoms with van der Waals surface area (Å²) in [5.41, 5.74) is 3.39. The highest BCUT2D eigenvalue weighted by molar-refractivity contribution is 5.96. The molecule has 1 fully saturated rings. The second kappa shape index (κ2) is 8.25. The topological polar surface area (TPSA) is 66.9 Å². The molecule has 0 N–H and O–H groups in total. The third-order valence-corrected chi connectivity index (χ3v) is 4.95. The predicted molar refractivity (Wildman–Crippen MR) is 105 cm³/mol. The largest absolute Gasteiger partial charge is 0.427 e. The number of ether oxygens (including phenoxy) is 1. The van der Waals surface area contributed by atoms with Crippen LogP contribution in [0.1, 0.15) is 38.8 Å². The first-order chi connectivity index (χ1) is 13.3. The summed E-state index contributed by atoms with van der Waals surface area (Å²) in [5.74, 6) is -0.218. The van der Waals surface area contributed by atoms with E-state index in [-0.39, 0.29) is 11.8 Å². The number of amides is 2. The van der Waals surface area contributed by atoms with Crippen molar-refractivity contribution >= 4 is 17.8 Å². The lowest BCUT2D eigenvalue weighted by Gasteiger charge is -2.35. The SMILES string of the molecule is CC(=O)Oc1cccc(C(=O)N2CCN(C(=O)c3ccc(C)c(C)c3)CC2)c1. The van der Waals surface area contributed by atoms with Crippen molar-refractivity contribution in [3.8, 4) is 5.75 Å². The summed E-state index contributed by atoms with van der Waals surface area (Å²) in [6.45, 7) is 7.24. The second-order valence-corrected chi connectivity index (χ2v) is 7.00. The van der Waals surface area contributed by atoms with Gasteiger partial charge in [-0.05, 0) is 55.3 Å². The lowest BCUT2D eigenvalue weighted by molar-refractivity contribution is -0.131. The minimum atomic E-state index is -0.428. The van der Waals surface area contributed by atoms with Crippen LogP contribution in [-0.2, 0) is 4.79 Å². The summed E-state index contributed by atoms with van der Waals surface area (Å²) >= 11 is 0. The maximum atomic E-state index is 12.7. The number of carbonyl (C=O) groups is 3. The molecule has 146 valence electrons.